The van der Waals surface area contributed by atoms with E-state index in [2.05, 4.69) is 19.2 Å². The van der Waals surface area contributed by atoms with Gasteiger partial charge >= 0.3 is 0 Å². The smallest absolute Gasteiger partial charge is 0.122 e. The molecule has 0 aromatic heterocycles. The van der Waals surface area contributed by atoms with Crippen LogP contribution in [-0.4, -0.2) is 31.4 Å². The van der Waals surface area contributed by atoms with Crippen molar-refractivity contribution in [2.24, 2.45) is 0 Å². The first-order valence-corrected chi connectivity index (χ1v) is 6.15. The predicted octanol–water partition coefficient (Wildman–Crippen LogP) is 2.12. The fourth-order valence-corrected chi connectivity index (χ4v) is 1.91. The minimum atomic E-state index is -0.601. The van der Waals surface area contributed by atoms with E-state index in [-0.39, 0.29) is 6.04 Å². The topological polar surface area (TPSA) is 50.7 Å². The summed E-state index contributed by atoms with van der Waals surface area (Å²) in [4.78, 5) is 0. The average Bonchev–Trinajstić information content (AvgIpc) is 2.36. The second kappa shape index (κ2) is 6.61. The van der Waals surface area contributed by atoms with Gasteiger partial charge in [-0.1, -0.05) is 13.8 Å². The number of hydrogen-bond donors (Lipinski definition) is 2. The Bertz CT molecular complexity index is 357. The van der Waals surface area contributed by atoms with Gasteiger partial charge in [0.05, 0.1) is 20.3 Å². The molecule has 0 aliphatic carbocycles. The largest absolute Gasteiger partial charge is 0.497 e. The summed E-state index contributed by atoms with van der Waals surface area (Å²) in [5, 5.41) is 13.6. The molecule has 102 valence electrons. The van der Waals surface area contributed by atoms with Gasteiger partial charge in [-0.2, -0.15) is 0 Å². The van der Waals surface area contributed by atoms with E-state index in [0.717, 1.165) is 5.56 Å². The summed E-state index contributed by atoms with van der Waals surface area (Å²) < 4.78 is 10.4. The van der Waals surface area contributed by atoms with E-state index in [1.165, 1.54) is 0 Å². The molecule has 18 heavy (non-hydrogen) atoms. The summed E-state index contributed by atoms with van der Waals surface area (Å²) in [5.74, 6) is 1.36. The summed E-state index contributed by atoms with van der Waals surface area (Å²) in [5.41, 5.74) is 0.784. The Labute approximate surface area is 109 Å². The summed E-state index contributed by atoms with van der Waals surface area (Å²) >= 11 is 0. The van der Waals surface area contributed by atoms with Crippen LogP contribution in [0, 0.1) is 0 Å². The fraction of sp³-hybridized carbons (Fsp3) is 0.571. The van der Waals surface area contributed by atoms with Crippen LogP contribution < -0.4 is 14.8 Å². The minimum Gasteiger partial charge on any atom is -0.497 e. The molecule has 1 aromatic rings. The molecule has 2 atom stereocenters. The monoisotopic (exact) mass is 253 g/mol. The molecule has 0 fully saturated rings. The highest BCUT2D eigenvalue weighted by Crippen LogP contribution is 2.27. The number of hydrogen-bond acceptors (Lipinski definition) is 4. The number of benzene rings is 1. The SMILES string of the molecule is COc1cc(OC)cc([C@@H](O)[C@H](C)NC(C)C)c1. The molecule has 2 N–H and O–H groups in total. The molecule has 4 heteroatoms. The van der Waals surface area contributed by atoms with Crippen molar-refractivity contribution in [1.82, 2.24) is 5.32 Å². The van der Waals surface area contributed by atoms with Crippen LogP contribution in [0.5, 0.6) is 11.5 Å². The number of nitrogens with one attached hydrogen (secondary N) is 1. The van der Waals surface area contributed by atoms with Crippen LogP contribution in [0.15, 0.2) is 18.2 Å². The van der Waals surface area contributed by atoms with E-state index in [0.29, 0.717) is 17.5 Å². The normalized spacial score (nSPS) is 14.4. The van der Waals surface area contributed by atoms with E-state index in [1.807, 2.05) is 19.1 Å². The van der Waals surface area contributed by atoms with E-state index in [9.17, 15) is 5.11 Å². The Morgan fingerprint density at radius 1 is 1.00 bits per heavy atom. The van der Waals surface area contributed by atoms with Gasteiger partial charge in [-0.3, -0.25) is 0 Å². The van der Waals surface area contributed by atoms with Gasteiger partial charge in [0, 0.05) is 18.2 Å². The van der Waals surface area contributed by atoms with Crippen LogP contribution in [0.2, 0.25) is 0 Å². The minimum absolute atomic E-state index is 0.0400. The predicted molar refractivity (Wildman–Crippen MR) is 72.2 cm³/mol. The first kappa shape index (κ1) is 14.8. The molecule has 4 nitrogen and oxygen atoms in total. The lowest BCUT2D eigenvalue weighted by Gasteiger charge is -2.23. The zero-order chi connectivity index (χ0) is 13.7. The quantitative estimate of drug-likeness (QED) is 0.815. The molecule has 0 saturated heterocycles. The van der Waals surface area contributed by atoms with Gasteiger partial charge in [0.2, 0.25) is 0 Å². The van der Waals surface area contributed by atoms with Crippen molar-refractivity contribution in [3.05, 3.63) is 23.8 Å². The van der Waals surface area contributed by atoms with E-state index >= 15 is 0 Å². The number of aliphatic hydroxyl groups excluding tert-OH is 1. The standard InChI is InChI=1S/C14H23NO3/c1-9(2)15-10(3)14(16)11-6-12(17-4)8-13(7-11)18-5/h6-10,14-16H,1-5H3/t10-,14-/m0/s1. The van der Waals surface area contributed by atoms with Crippen LogP contribution >= 0.6 is 0 Å². The molecule has 0 radical (unpaired) electrons. The van der Waals surface area contributed by atoms with E-state index in [4.69, 9.17) is 9.47 Å². The van der Waals surface area contributed by atoms with Crippen LogP contribution in [-0.2, 0) is 0 Å². The van der Waals surface area contributed by atoms with Crippen LogP contribution in [0.1, 0.15) is 32.4 Å². The summed E-state index contributed by atoms with van der Waals surface area (Å²) in [7, 11) is 3.20. The molecule has 0 saturated carbocycles. The second-order valence-corrected chi connectivity index (χ2v) is 4.70. The van der Waals surface area contributed by atoms with Crippen LogP contribution in [0.4, 0.5) is 0 Å². The molecule has 0 heterocycles. The summed E-state index contributed by atoms with van der Waals surface area (Å²) in [6, 6.07) is 5.72. The molecule has 0 aliphatic heterocycles. The highest BCUT2D eigenvalue weighted by molar-refractivity contribution is 5.39. The van der Waals surface area contributed by atoms with Gasteiger partial charge in [0.15, 0.2) is 0 Å². The third-order valence-electron chi connectivity index (χ3n) is 2.79. The Balaban J connectivity index is 2.93. The number of methoxy groups -OCH3 is 2. The summed E-state index contributed by atoms with van der Waals surface area (Å²) in [6.07, 6.45) is -0.601. The number of aliphatic hydroxyl groups is 1. The van der Waals surface area contributed by atoms with E-state index in [1.54, 1.807) is 20.3 Å². The van der Waals surface area contributed by atoms with Crippen molar-refractivity contribution in [3.8, 4) is 11.5 Å². The van der Waals surface area contributed by atoms with Gasteiger partial charge in [-0.15, -0.1) is 0 Å². The maximum atomic E-state index is 10.3. The highest BCUT2D eigenvalue weighted by Gasteiger charge is 2.18. The zero-order valence-corrected chi connectivity index (χ0v) is 11.7. The Hall–Kier alpha value is -1.26. The van der Waals surface area contributed by atoms with Gasteiger partial charge in [0.1, 0.15) is 11.5 Å². The van der Waals surface area contributed by atoms with Gasteiger partial charge in [-0.25, -0.2) is 0 Å². The zero-order valence-electron chi connectivity index (χ0n) is 11.7. The first-order valence-electron chi connectivity index (χ1n) is 6.15. The van der Waals surface area contributed by atoms with Gasteiger partial charge in [0.25, 0.3) is 0 Å². The van der Waals surface area contributed by atoms with Crippen molar-refractivity contribution >= 4 is 0 Å². The number of ether oxygens (including phenoxy) is 2. The Kier molecular flexibility index (Phi) is 5.44. The van der Waals surface area contributed by atoms with Crippen LogP contribution in [0.25, 0.3) is 0 Å². The molecule has 0 amide bonds. The number of rotatable bonds is 6. The maximum absolute atomic E-state index is 10.3. The Morgan fingerprint density at radius 2 is 1.50 bits per heavy atom. The fourth-order valence-electron chi connectivity index (χ4n) is 1.91. The molecule has 1 aromatic carbocycles. The van der Waals surface area contributed by atoms with Crippen LogP contribution in [0.3, 0.4) is 0 Å². The highest BCUT2D eigenvalue weighted by atomic mass is 16.5. The van der Waals surface area contributed by atoms with E-state index < -0.39 is 6.10 Å². The molecular formula is C14H23NO3. The molecular weight excluding hydrogens is 230 g/mol. The van der Waals surface area contributed by atoms with Gasteiger partial charge < -0.3 is 19.9 Å². The van der Waals surface area contributed by atoms with Crippen molar-refractivity contribution in [2.45, 2.75) is 39.0 Å². The van der Waals surface area contributed by atoms with Gasteiger partial charge in [-0.05, 0) is 24.6 Å². The molecule has 0 bridgehead atoms. The van der Waals surface area contributed by atoms with Crippen molar-refractivity contribution in [1.29, 1.82) is 0 Å². The lowest BCUT2D eigenvalue weighted by molar-refractivity contribution is 0.131. The maximum Gasteiger partial charge on any atom is 0.122 e. The van der Waals surface area contributed by atoms with Crippen molar-refractivity contribution in [2.75, 3.05) is 14.2 Å². The first-order chi connectivity index (χ1) is 8.47. The molecule has 1 rings (SSSR count). The molecule has 0 aliphatic rings. The summed E-state index contributed by atoms with van der Waals surface area (Å²) in [6.45, 7) is 6.06. The lowest BCUT2D eigenvalue weighted by atomic mass is 10.0. The molecule has 0 spiro atoms. The third kappa shape index (κ3) is 3.89. The van der Waals surface area contributed by atoms with Crippen molar-refractivity contribution in [3.63, 3.8) is 0 Å². The second-order valence-electron chi connectivity index (χ2n) is 4.70. The third-order valence-corrected chi connectivity index (χ3v) is 2.79. The Morgan fingerprint density at radius 3 is 1.89 bits per heavy atom. The van der Waals surface area contributed by atoms with Crippen molar-refractivity contribution < 1.29 is 14.6 Å². The molecule has 0 unspecified atom stereocenters. The lowest BCUT2D eigenvalue weighted by Crippen LogP contribution is -2.36. The average molecular weight is 253 g/mol.